The second-order valence-corrected chi connectivity index (χ2v) is 3.26. The van der Waals surface area contributed by atoms with Crippen LogP contribution in [-0.4, -0.2) is 5.91 Å². The molecule has 1 aromatic rings. The highest BCUT2D eigenvalue weighted by Crippen LogP contribution is 2.46. The van der Waals surface area contributed by atoms with Crippen LogP contribution in [0.1, 0.15) is 17.9 Å². The van der Waals surface area contributed by atoms with Crippen molar-refractivity contribution in [3.8, 4) is 0 Å². The molecule has 12 heavy (non-hydrogen) atoms. The molecular weight excluding hydrogens is 150 g/mol. The van der Waals surface area contributed by atoms with Crippen molar-refractivity contribution in [3.05, 3.63) is 35.9 Å². The summed E-state index contributed by atoms with van der Waals surface area (Å²) in [4.78, 5) is 10.8. The molecule has 2 heteroatoms. The molecule has 1 aliphatic carbocycles. The maximum atomic E-state index is 10.8. The number of primary amides is 1. The molecule has 0 saturated heterocycles. The summed E-state index contributed by atoms with van der Waals surface area (Å²) in [5.41, 5.74) is 6.42. The average molecular weight is 161 g/mol. The first-order valence-electron chi connectivity index (χ1n) is 4.13. The van der Waals surface area contributed by atoms with E-state index in [1.54, 1.807) is 0 Å². The number of hydrogen-bond donors (Lipinski definition) is 1. The quantitative estimate of drug-likeness (QED) is 0.697. The molecular formula is C10H11NO. The lowest BCUT2D eigenvalue weighted by Crippen LogP contribution is -2.13. The molecule has 62 valence electrons. The van der Waals surface area contributed by atoms with E-state index in [9.17, 15) is 4.79 Å². The molecule has 2 nitrogen and oxygen atoms in total. The Kier molecular flexibility index (Phi) is 1.61. The van der Waals surface area contributed by atoms with Gasteiger partial charge >= 0.3 is 0 Å². The first-order chi connectivity index (χ1) is 5.79. The Balaban J connectivity index is 2.11. The van der Waals surface area contributed by atoms with E-state index in [-0.39, 0.29) is 11.8 Å². The minimum Gasteiger partial charge on any atom is -0.369 e. The molecule has 1 amide bonds. The number of hydrogen-bond acceptors (Lipinski definition) is 1. The van der Waals surface area contributed by atoms with Crippen LogP contribution in [0.15, 0.2) is 30.3 Å². The highest BCUT2D eigenvalue weighted by Gasteiger charge is 2.42. The molecule has 2 rings (SSSR count). The van der Waals surface area contributed by atoms with Gasteiger partial charge in [-0.2, -0.15) is 0 Å². The number of benzene rings is 1. The van der Waals surface area contributed by atoms with Gasteiger partial charge < -0.3 is 5.73 Å². The summed E-state index contributed by atoms with van der Waals surface area (Å²) in [7, 11) is 0. The van der Waals surface area contributed by atoms with E-state index in [1.165, 1.54) is 5.56 Å². The fourth-order valence-electron chi connectivity index (χ4n) is 1.58. The molecule has 1 unspecified atom stereocenters. The summed E-state index contributed by atoms with van der Waals surface area (Å²) in [6.07, 6.45) is 0.930. The van der Waals surface area contributed by atoms with Crippen LogP contribution in [0.25, 0.3) is 0 Å². The maximum Gasteiger partial charge on any atom is 0.221 e. The fraction of sp³-hybridized carbons (Fsp3) is 0.300. The van der Waals surface area contributed by atoms with Crippen LogP contribution in [-0.2, 0) is 4.79 Å². The summed E-state index contributed by atoms with van der Waals surface area (Å²) < 4.78 is 0. The maximum absolute atomic E-state index is 10.8. The Labute approximate surface area is 71.4 Å². The summed E-state index contributed by atoms with van der Waals surface area (Å²) in [5, 5.41) is 0. The van der Waals surface area contributed by atoms with Gasteiger partial charge in [-0.05, 0) is 17.9 Å². The summed E-state index contributed by atoms with van der Waals surface area (Å²) >= 11 is 0. The lowest BCUT2D eigenvalue weighted by molar-refractivity contribution is -0.119. The monoisotopic (exact) mass is 161 g/mol. The van der Waals surface area contributed by atoms with E-state index in [4.69, 9.17) is 5.73 Å². The van der Waals surface area contributed by atoms with Gasteiger partial charge in [0.05, 0.1) is 0 Å². The molecule has 0 bridgehead atoms. The van der Waals surface area contributed by atoms with Crippen LogP contribution >= 0.6 is 0 Å². The standard InChI is InChI=1S/C10H11NO/c11-10(12)9-6-8(9)7-4-2-1-3-5-7/h1-5,8-9H,6H2,(H2,11,12)/t8?,9-/m1/s1. The zero-order chi connectivity index (χ0) is 8.55. The van der Waals surface area contributed by atoms with Gasteiger partial charge in [0, 0.05) is 5.92 Å². The average Bonchev–Trinajstić information content (AvgIpc) is 2.84. The van der Waals surface area contributed by atoms with Crippen LogP contribution in [0.2, 0.25) is 0 Å². The molecule has 1 fully saturated rings. The van der Waals surface area contributed by atoms with E-state index in [2.05, 4.69) is 0 Å². The number of amides is 1. The smallest absolute Gasteiger partial charge is 0.221 e. The molecule has 0 aliphatic heterocycles. The SMILES string of the molecule is NC(=O)[C@@H]1CC1c1ccccc1. The predicted octanol–water partition coefficient (Wildman–Crippen LogP) is 1.28. The van der Waals surface area contributed by atoms with E-state index in [0.717, 1.165) is 6.42 Å². The minimum atomic E-state index is -0.163. The molecule has 1 aliphatic rings. The third-order valence-electron chi connectivity index (χ3n) is 2.38. The highest BCUT2D eigenvalue weighted by molar-refractivity contribution is 5.81. The number of carbonyl (C=O) groups is 1. The molecule has 0 spiro atoms. The molecule has 2 N–H and O–H groups in total. The Morgan fingerprint density at radius 2 is 2.00 bits per heavy atom. The molecule has 0 heterocycles. The Morgan fingerprint density at radius 1 is 1.33 bits per heavy atom. The van der Waals surface area contributed by atoms with Gasteiger partial charge in [0.15, 0.2) is 0 Å². The van der Waals surface area contributed by atoms with Gasteiger partial charge in [0.2, 0.25) is 5.91 Å². The summed E-state index contributed by atoms with van der Waals surface area (Å²) in [6.45, 7) is 0. The summed E-state index contributed by atoms with van der Waals surface area (Å²) in [5.74, 6) is 0.319. The van der Waals surface area contributed by atoms with Gasteiger partial charge in [-0.15, -0.1) is 0 Å². The Hall–Kier alpha value is -1.31. The zero-order valence-corrected chi connectivity index (χ0v) is 6.73. The van der Waals surface area contributed by atoms with Gasteiger partial charge in [0.1, 0.15) is 0 Å². The molecule has 0 radical (unpaired) electrons. The molecule has 0 aromatic heterocycles. The van der Waals surface area contributed by atoms with Crippen molar-refractivity contribution in [1.82, 2.24) is 0 Å². The third kappa shape index (κ3) is 1.20. The first kappa shape index (κ1) is 7.35. The second kappa shape index (κ2) is 2.63. The Bertz CT molecular complexity index is 294. The van der Waals surface area contributed by atoms with Crippen molar-refractivity contribution in [2.75, 3.05) is 0 Å². The number of rotatable bonds is 2. The lowest BCUT2D eigenvalue weighted by atomic mass is 10.1. The highest BCUT2D eigenvalue weighted by atomic mass is 16.1. The third-order valence-corrected chi connectivity index (χ3v) is 2.38. The number of carbonyl (C=O) groups excluding carboxylic acids is 1. The predicted molar refractivity (Wildman–Crippen MR) is 46.5 cm³/mol. The molecule has 2 atom stereocenters. The van der Waals surface area contributed by atoms with Crippen LogP contribution in [0.4, 0.5) is 0 Å². The van der Waals surface area contributed by atoms with Gasteiger partial charge in [-0.1, -0.05) is 30.3 Å². The second-order valence-electron chi connectivity index (χ2n) is 3.26. The van der Waals surface area contributed by atoms with E-state index < -0.39 is 0 Å². The van der Waals surface area contributed by atoms with Crippen LogP contribution in [0.3, 0.4) is 0 Å². The topological polar surface area (TPSA) is 43.1 Å². The van der Waals surface area contributed by atoms with Crippen LogP contribution in [0.5, 0.6) is 0 Å². The van der Waals surface area contributed by atoms with Gasteiger partial charge in [0.25, 0.3) is 0 Å². The van der Waals surface area contributed by atoms with Crippen LogP contribution in [0, 0.1) is 5.92 Å². The van der Waals surface area contributed by atoms with Crippen LogP contribution < -0.4 is 5.73 Å². The van der Waals surface area contributed by atoms with Crippen molar-refractivity contribution >= 4 is 5.91 Å². The van der Waals surface area contributed by atoms with E-state index in [1.807, 2.05) is 30.3 Å². The van der Waals surface area contributed by atoms with E-state index >= 15 is 0 Å². The van der Waals surface area contributed by atoms with Crippen molar-refractivity contribution in [2.45, 2.75) is 12.3 Å². The first-order valence-corrected chi connectivity index (χ1v) is 4.13. The normalized spacial score (nSPS) is 26.7. The molecule has 1 aromatic carbocycles. The minimum absolute atomic E-state index is 0.0902. The van der Waals surface area contributed by atoms with Crippen molar-refractivity contribution in [1.29, 1.82) is 0 Å². The zero-order valence-electron chi connectivity index (χ0n) is 6.73. The fourth-order valence-corrected chi connectivity index (χ4v) is 1.58. The largest absolute Gasteiger partial charge is 0.369 e. The van der Waals surface area contributed by atoms with Crippen molar-refractivity contribution in [2.24, 2.45) is 11.7 Å². The summed E-state index contributed by atoms with van der Waals surface area (Å²) in [6, 6.07) is 10.1. The van der Waals surface area contributed by atoms with Gasteiger partial charge in [-0.3, -0.25) is 4.79 Å². The Morgan fingerprint density at radius 3 is 2.50 bits per heavy atom. The lowest BCUT2D eigenvalue weighted by Gasteiger charge is -1.95. The van der Waals surface area contributed by atoms with Crippen molar-refractivity contribution < 1.29 is 4.79 Å². The molecule has 1 saturated carbocycles. The van der Waals surface area contributed by atoms with Crippen molar-refractivity contribution in [3.63, 3.8) is 0 Å². The van der Waals surface area contributed by atoms with E-state index in [0.29, 0.717) is 5.92 Å². The number of nitrogens with two attached hydrogens (primary N) is 1. The van der Waals surface area contributed by atoms with Gasteiger partial charge in [-0.25, -0.2) is 0 Å².